The van der Waals surface area contributed by atoms with Crippen LogP contribution in [-0.2, 0) is 9.59 Å². The molecular weight excluding hydrogens is 348 g/mol. The Kier molecular flexibility index (Phi) is 3.16. The van der Waals surface area contributed by atoms with Crippen LogP contribution in [-0.4, -0.2) is 23.0 Å². The molecule has 6 rings (SSSR count). The number of rotatable bonds is 2. The first-order chi connectivity index (χ1) is 13.7. The molecule has 1 saturated carbocycles. The highest BCUT2D eigenvalue weighted by molar-refractivity contribution is 6.14. The van der Waals surface area contributed by atoms with Crippen LogP contribution >= 0.6 is 0 Å². The second-order valence-corrected chi connectivity index (χ2v) is 7.97. The van der Waals surface area contributed by atoms with Crippen LogP contribution in [0, 0.1) is 23.7 Å². The van der Waals surface area contributed by atoms with E-state index >= 15 is 0 Å². The zero-order valence-electron chi connectivity index (χ0n) is 15.2. The zero-order valence-corrected chi connectivity index (χ0v) is 15.2. The van der Waals surface area contributed by atoms with Crippen LogP contribution in [0.15, 0.2) is 71.9 Å². The summed E-state index contributed by atoms with van der Waals surface area (Å²) in [5, 5.41) is 9.89. The van der Waals surface area contributed by atoms with E-state index in [0.717, 1.165) is 38.5 Å². The number of allylic oxidation sites excluding steroid dienone is 2. The summed E-state index contributed by atoms with van der Waals surface area (Å²) in [6, 6.07) is 18.4. The van der Waals surface area contributed by atoms with Crippen LogP contribution in [0.1, 0.15) is 12.0 Å². The van der Waals surface area contributed by atoms with Crippen molar-refractivity contribution in [2.45, 2.75) is 6.42 Å². The molecule has 1 saturated heterocycles. The number of hydrogen-bond donors (Lipinski definition) is 0. The molecule has 0 spiro atoms. The number of carbonyl (C=O) groups is 2. The standard InChI is InChI=1S/C24H18N2O2/c27-23-21-16-9-10-17(12-16)22(21)24(28)26(23)25-13-20-18-7-3-1-5-14(18)11-15-6-2-4-8-19(15)20/h1-11,13,16-17,21-22H,12H2/b25-13-/t16-,17-,21-,22+/m0/s1. The summed E-state index contributed by atoms with van der Waals surface area (Å²) < 4.78 is 0. The summed E-state index contributed by atoms with van der Waals surface area (Å²) in [6.45, 7) is 0. The van der Waals surface area contributed by atoms with E-state index in [9.17, 15) is 9.59 Å². The second-order valence-electron chi connectivity index (χ2n) is 7.97. The van der Waals surface area contributed by atoms with Crippen LogP contribution < -0.4 is 0 Å². The number of nitrogens with zero attached hydrogens (tertiary/aromatic N) is 2. The monoisotopic (exact) mass is 366 g/mol. The predicted molar refractivity (Wildman–Crippen MR) is 109 cm³/mol. The van der Waals surface area contributed by atoms with E-state index in [2.05, 4.69) is 47.6 Å². The summed E-state index contributed by atoms with van der Waals surface area (Å²) in [6.07, 6.45) is 6.82. The van der Waals surface area contributed by atoms with E-state index in [1.807, 2.05) is 24.3 Å². The predicted octanol–water partition coefficient (Wildman–Crippen LogP) is 4.13. The lowest BCUT2D eigenvalue weighted by Crippen LogP contribution is -2.28. The Hall–Kier alpha value is -3.27. The van der Waals surface area contributed by atoms with Gasteiger partial charge in [-0.3, -0.25) is 9.59 Å². The van der Waals surface area contributed by atoms with Crippen molar-refractivity contribution < 1.29 is 9.59 Å². The van der Waals surface area contributed by atoms with E-state index in [1.54, 1.807) is 6.21 Å². The van der Waals surface area contributed by atoms with Crippen molar-refractivity contribution in [2.75, 3.05) is 0 Å². The van der Waals surface area contributed by atoms with Crippen molar-refractivity contribution in [3.05, 3.63) is 72.3 Å². The van der Waals surface area contributed by atoms with Gasteiger partial charge in [-0.05, 0) is 45.9 Å². The second kappa shape index (κ2) is 5.61. The first kappa shape index (κ1) is 15.8. The minimum absolute atomic E-state index is 0.146. The zero-order chi connectivity index (χ0) is 18.8. The summed E-state index contributed by atoms with van der Waals surface area (Å²) in [7, 11) is 0. The Morgan fingerprint density at radius 2 is 1.36 bits per heavy atom. The van der Waals surface area contributed by atoms with Crippen LogP contribution in [0.3, 0.4) is 0 Å². The molecule has 136 valence electrons. The molecule has 28 heavy (non-hydrogen) atoms. The SMILES string of the molecule is O=C1[C@@H]2[C@H](C(=O)N1/N=C\c1c3ccccc3cc3ccccc13)[C@H]1C=C[C@H]2C1. The Labute approximate surface area is 162 Å². The third-order valence-corrected chi connectivity index (χ3v) is 6.56. The average molecular weight is 366 g/mol. The molecule has 2 aliphatic carbocycles. The average Bonchev–Trinajstić information content (AvgIpc) is 3.40. The van der Waals surface area contributed by atoms with Crippen LogP contribution in [0.5, 0.6) is 0 Å². The number of hydrazone groups is 1. The van der Waals surface area contributed by atoms with Gasteiger partial charge in [0.05, 0.1) is 18.1 Å². The maximum absolute atomic E-state index is 12.9. The lowest BCUT2D eigenvalue weighted by atomic mass is 9.85. The van der Waals surface area contributed by atoms with E-state index in [0.29, 0.717) is 0 Å². The molecule has 0 radical (unpaired) electrons. The molecule has 4 nitrogen and oxygen atoms in total. The van der Waals surface area contributed by atoms with Crippen molar-refractivity contribution >= 4 is 39.6 Å². The van der Waals surface area contributed by atoms with Gasteiger partial charge in [0.25, 0.3) is 11.8 Å². The molecular formula is C24H18N2O2. The molecule has 4 heteroatoms. The molecule has 4 atom stereocenters. The van der Waals surface area contributed by atoms with E-state index in [-0.39, 0.29) is 35.5 Å². The summed E-state index contributed by atoms with van der Waals surface area (Å²) in [4.78, 5) is 25.8. The molecule has 3 aromatic rings. The molecule has 1 heterocycles. The summed E-state index contributed by atoms with van der Waals surface area (Å²) in [5.74, 6) is -0.330. The van der Waals surface area contributed by atoms with Crippen molar-refractivity contribution in [1.82, 2.24) is 5.01 Å². The molecule has 0 N–H and O–H groups in total. The van der Waals surface area contributed by atoms with Gasteiger partial charge in [0.2, 0.25) is 0 Å². The Morgan fingerprint density at radius 3 is 1.93 bits per heavy atom. The summed E-state index contributed by atoms with van der Waals surface area (Å²) in [5.41, 5.74) is 0.937. The number of fused-ring (bicyclic) bond motifs is 7. The first-order valence-electron chi connectivity index (χ1n) is 9.73. The molecule has 0 unspecified atom stereocenters. The normalized spacial score (nSPS) is 28.4. The lowest BCUT2D eigenvalue weighted by molar-refractivity contribution is -0.140. The van der Waals surface area contributed by atoms with E-state index in [1.165, 1.54) is 0 Å². The maximum Gasteiger partial charge on any atom is 0.254 e. The number of hydrogen-bond acceptors (Lipinski definition) is 3. The third-order valence-electron chi connectivity index (χ3n) is 6.56. The maximum atomic E-state index is 12.9. The van der Waals surface area contributed by atoms with Gasteiger partial charge in [-0.25, -0.2) is 0 Å². The Bertz CT molecular complexity index is 1140. The van der Waals surface area contributed by atoms with E-state index in [4.69, 9.17) is 0 Å². The van der Waals surface area contributed by atoms with Gasteiger partial charge in [0, 0.05) is 5.56 Å². The number of carbonyl (C=O) groups excluding carboxylic acids is 2. The fourth-order valence-electron chi connectivity index (χ4n) is 5.30. The van der Waals surface area contributed by atoms with Gasteiger partial charge < -0.3 is 0 Å². The van der Waals surface area contributed by atoms with Crippen LogP contribution in [0.25, 0.3) is 21.5 Å². The first-order valence-corrected chi connectivity index (χ1v) is 9.73. The number of benzene rings is 3. The Morgan fingerprint density at radius 1 is 0.821 bits per heavy atom. The molecule has 2 amide bonds. The third kappa shape index (κ3) is 2.03. The van der Waals surface area contributed by atoms with Crippen LogP contribution in [0.4, 0.5) is 0 Å². The van der Waals surface area contributed by atoms with Gasteiger partial charge in [-0.1, -0.05) is 60.7 Å². The number of amides is 2. The number of imide groups is 1. The molecule has 0 aromatic heterocycles. The molecule has 2 bridgehead atoms. The molecule has 2 fully saturated rings. The summed E-state index contributed by atoms with van der Waals surface area (Å²) >= 11 is 0. The fraction of sp³-hybridized carbons (Fsp3) is 0.208. The van der Waals surface area contributed by atoms with E-state index < -0.39 is 0 Å². The lowest BCUT2D eigenvalue weighted by Gasteiger charge is -2.13. The smallest absolute Gasteiger partial charge is 0.254 e. The minimum Gasteiger partial charge on any atom is -0.272 e. The molecule has 3 aromatic carbocycles. The topological polar surface area (TPSA) is 49.7 Å². The van der Waals surface area contributed by atoms with Crippen molar-refractivity contribution in [3.63, 3.8) is 0 Å². The van der Waals surface area contributed by atoms with Gasteiger partial charge in [0.15, 0.2) is 0 Å². The van der Waals surface area contributed by atoms with Crippen molar-refractivity contribution in [3.8, 4) is 0 Å². The van der Waals surface area contributed by atoms with Gasteiger partial charge in [-0.15, -0.1) is 0 Å². The highest BCUT2D eigenvalue weighted by Crippen LogP contribution is 2.52. The fourth-order valence-corrected chi connectivity index (χ4v) is 5.30. The van der Waals surface area contributed by atoms with Crippen molar-refractivity contribution in [2.24, 2.45) is 28.8 Å². The highest BCUT2D eigenvalue weighted by Gasteiger charge is 2.59. The van der Waals surface area contributed by atoms with Gasteiger partial charge in [0.1, 0.15) is 0 Å². The molecule has 1 aliphatic heterocycles. The highest BCUT2D eigenvalue weighted by atomic mass is 16.2. The van der Waals surface area contributed by atoms with Gasteiger partial charge in [-0.2, -0.15) is 10.1 Å². The Balaban J connectivity index is 1.46. The van der Waals surface area contributed by atoms with Crippen LogP contribution in [0.2, 0.25) is 0 Å². The van der Waals surface area contributed by atoms with Gasteiger partial charge >= 0.3 is 0 Å². The van der Waals surface area contributed by atoms with Crippen molar-refractivity contribution in [1.29, 1.82) is 0 Å². The largest absolute Gasteiger partial charge is 0.272 e. The molecule has 3 aliphatic rings. The quantitative estimate of drug-likeness (QED) is 0.296. The minimum atomic E-state index is -0.219.